The van der Waals surface area contributed by atoms with E-state index in [0.29, 0.717) is 12.5 Å². The van der Waals surface area contributed by atoms with Crippen molar-refractivity contribution in [3.63, 3.8) is 0 Å². The molecule has 0 bridgehead atoms. The van der Waals surface area contributed by atoms with Crippen molar-refractivity contribution in [3.05, 3.63) is 12.4 Å². The predicted molar refractivity (Wildman–Crippen MR) is 75.0 cm³/mol. The molecule has 18 heavy (non-hydrogen) atoms. The van der Waals surface area contributed by atoms with E-state index < -0.39 is 0 Å². The molecule has 2 rings (SSSR count). The normalized spacial score (nSPS) is 16.7. The molecule has 0 atom stereocenters. The van der Waals surface area contributed by atoms with Gasteiger partial charge in [0.15, 0.2) is 0 Å². The molecule has 0 unspecified atom stereocenters. The number of carbonyl (C=O) groups excluding carboxylic acids is 1. The smallest absolute Gasteiger partial charge is 0.225 e. The Hall–Kier alpha value is -1.01. The number of thioether (sulfide) groups is 1. The lowest BCUT2D eigenvalue weighted by Crippen LogP contribution is -2.29. The fourth-order valence-electron chi connectivity index (χ4n) is 2.09. The number of piperidine rings is 1. The van der Waals surface area contributed by atoms with Gasteiger partial charge in [-0.2, -0.15) is 16.9 Å². The van der Waals surface area contributed by atoms with Crippen LogP contribution in [0.25, 0.3) is 0 Å². The molecule has 1 saturated heterocycles. The minimum Gasteiger partial charge on any atom is -0.323 e. The highest BCUT2D eigenvalue weighted by Crippen LogP contribution is 2.19. The van der Waals surface area contributed by atoms with Gasteiger partial charge in [-0.3, -0.25) is 9.48 Å². The Morgan fingerprint density at radius 2 is 2.39 bits per heavy atom. The van der Waals surface area contributed by atoms with Gasteiger partial charge in [-0.15, -0.1) is 0 Å². The molecule has 1 aromatic heterocycles. The lowest BCUT2D eigenvalue weighted by atomic mass is 10.1. The molecular formula is C12H20N4OS. The number of hydrogen-bond donors (Lipinski definition) is 2. The predicted octanol–water partition coefficient (Wildman–Crippen LogP) is 1.50. The number of rotatable bonds is 5. The maximum atomic E-state index is 11.6. The monoisotopic (exact) mass is 268 g/mol. The zero-order valence-corrected chi connectivity index (χ0v) is 11.5. The summed E-state index contributed by atoms with van der Waals surface area (Å²) in [6.45, 7) is 2.08. The second kappa shape index (κ2) is 6.80. The summed E-state index contributed by atoms with van der Waals surface area (Å²) in [6.07, 6.45) is 8.43. The standard InChI is InChI=1S/C12H20N4OS/c1-18-7-4-12(17)15-10-8-14-16(9-10)11-2-5-13-6-3-11/h8-9,11,13H,2-7H2,1H3,(H,15,17). The molecule has 1 amide bonds. The zero-order chi connectivity index (χ0) is 12.8. The molecule has 1 fully saturated rings. The van der Waals surface area contributed by atoms with Gasteiger partial charge in [0.05, 0.1) is 17.9 Å². The first-order valence-electron chi connectivity index (χ1n) is 6.33. The molecule has 1 aliphatic rings. The largest absolute Gasteiger partial charge is 0.323 e. The van der Waals surface area contributed by atoms with Crippen LogP contribution in [-0.2, 0) is 4.79 Å². The van der Waals surface area contributed by atoms with Crippen LogP contribution in [0, 0.1) is 0 Å². The Morgan fingerprint density at radius 1 is 1.61 bits per heavy atom. The number of nitrogens with zero attached hydrogens (tertiary/aromatic N) is 2. The number of aromatic nitrogens is 2. The summed E-state index contributed by atoms with van der Waals surface area (Å²) in [4.78, 5) is 11.6. The average Bonchev–Trinajstić information content (AvgIpc) is 2.86. The van der Waals surface area contributed by atoms with Crippen LogP contribution >= 0.6 is 11.8 Å². The summed E-state index contributed by atoms with van der Waals surface area (Å²) in [6, 6.07) is 0.461. The minimum absolute atomic E-state index is 0.0641. The fourth-order valence-corrected chi connectivity index (χ4v) is 2.48. The summed E-state index contributed by atoms with van der Waals surface area (Å²) in [5.74, 6) is 0.920. The molecule has 0 aromatic carbocycles. The van der Waals surface area contributed by atoms with E-state index in [1.54, 1.807) is 18.0 Å². The maximum Gasteiger partial charge on any atom is 0.225 e. The molecule has 2 heterocycles. The number of amides is 1. The van der Waals surface area contributed by atoms with Crippen LogP contribution in [0.4, 0.5) is 5.69 Å². The molecule has 1 aromatic rings. The van der Waals surface area contributed by atoms with E-state index in [-0.39, 0.29) is 5.91 Å². The summed E-state index contributed by atoms with van der Waals surface area (Å²) < 4.78 is 1.98. The fraction of sp³-hybridized carbons (Fsp3) is 0.667. The Morgan fingerprint density at radius 3 is 3.11 bits per heavy atom. The number of anilines is 1. The van der Waals surface area contributed by atoms with E-state index in [1.807, 2.05) is 17.1 Å². The van der Waals surface area contributed by atoms with Gasteiger partial charge in [-0.1, -0.05) is 0 Å². The van der Waals surface area contributed by atoms with E-state index in [1.165, 1.54) is 0 Å². The van der Waals surface area contributed by atoms with E-state index in [4.69, 9.17) is 0 Å². The number of hydrogen-bond acceptors (Lipinski definition) is 4. The molecule has 0 spiro atoms. The van der Waals surface area contributed by atoms with Gasteiger partial charge in [0, 0.05) is 18.4 Å². The molecule has 0 aliphatic carbocycles. The van der Waals surface area contributed by atoms with Gasteiger partial charge >= 0.3 is 0 Å². The Bertz CT molecular complexity index is 387. The highest BCUT2D eigenvalue weighted by molar-refractivity contribution is 7.98. The Kier molecular flexibility index (Phi) is 5.07. The van der Waals surface area contributed by atoms with Crippen molar-refractivity contribution in [1.29, 1.82) is 0 Å². The maximum absolute atomic E-state index is 11.6. The molecule has 1 aliphatic heterocycles. The second-order valence-corrected chi connectivity index (χ2v) is 5.47. The van der Waals surface area contributed by atoms with Crippen LogP contribution in [0.1, 0.15) is 25.3 Å². The lowest BCUT2D eigenvalue weighted by Gasteiger charge is -2.22. The first-order chi connectivity index (χ1) is 8.79. The first kappa shape index (κ1) is 13.4. The van der Waals surface area contributed by atoms with Crippen molar-refractivity contribution < 1.29 is 4.79 Å². The van der Waals surface area contributed by atoms with Crippen molar-refractivity contribution in [2.45, 2.75) is 25.3 Å². The highest BCUT2D eigenvalue weighted by atomic mass is 32.2. The van der Waals surface area contributed by atoms with Gasteiger partial charge in [-0.05, 0) is 32.2 Å². The molecule has 0 radical (unpaired) electrons. The lowest BCUT2D eigenvalue weighted by molar-refractivity contribution is -0.115. The van der Waals surface area contributed by atoms with Crippen molar-refractivity contribution in [1.82, 2.24) is 15.1 Å². The highest BCUT2D eigenvalue weighted by Gasteiger charge is 2.15. The topological polar surface area (TPSA) is 59.0 Å². The zero-order valence-electron chi connectivity index (χ0n) is 10.7. The van der Waals surface area contributed by atoms with Crippen LogP contribution in [0.2, 0.25) is 0 Å². The van der Waals surface area contributed by atoms with Crippen LogP contribution in [0.15, 0.2) is 12.4 Å². The van der Waals surface area contributed by atoms with Crippen LogP contribution in [0.3, 0.4) is 0 Å². The molecule has 6 heteroatoms. The molecule has 100 valence electrons. The van der Waals surface area contributed by atoms with E-state index in [9.17, 15) is 4.79 Å². The van der Waals surface area contributed by atoms with E-state index in [2.05, 4.69) is 15.7 Å². The molecule has 5 nitrogen and oxygen atoms in total. The van der Waals surface area contributed by atoms with Crippen molar-refractivity contribution >= 4 is 23.4 Å². The quantitative estimate of drug-likeness (QED) is 0.849. The van der Waals surface area contributed by atoms with Crippen LogP contribution in [-0.4, -0.2) is 40.8 Å². The third-order valence-electron chi connectivity index (χ3n) is 3.10. The van der Waals surface area contributed by atoms with Crippen molar-refractivity contribution in [3.8, 4) is 0 Å². The van der Waals surface area contributed by atoms with Crippen LogP contribution in [0.5, 0.6) is 0 Å². The van der Waals surface area contributed by atoms with Gasteiger partial charge in [0.1, 0.15) is 0 Å². The van der Waals surface area contributed by atoms with Crippen molar-refractivity contribution in [2.75, 3.05) is 30.4 Å². The number of nitrogens with one attached hydrogen (secondary N) is 2. The summed E-state index contributed by atoms with van der Waals surface area (Å²) in [7, 11) is 0. The van der Waals surface area contributed by atoms with Gasteiger partial charge < -0.3 is 10.6 Å². The van der Waals surface area contributed by atoms with Crippen molar-refractivity contribution in [2.24, 2.45) is 0 Å². The van der Waals surface area contributed by atoms with Crippen LogP contribution < -0.4 is 10.6 Å². The van der Waals surface area contributed by atoms with Gasteiger partial charge in [0.25, 0.3) is 0 Å². The summed E-state index contributed by atoms with van der Waals surface area (Å²) >= 11 is 1.68. The molecular weight excluding hydrogens is 248 g/mol. The van der Waals surface area contributed by atoms with Gasteiger partial charge in [-0.25, -0.2) is 0 Å². The second-order valence-electron chi connectivity index (χ2n) is 4.48. The summed E-state index contributed by atoms with van der Waals surface area (Å²) in [5, 5.41) is 10.6. The average molecular weight is 268 g/mol. The SMILES string of the molecule is CSCCC(=O)Nc1cnn(C2CCNCC2)c1. The third kappa shape index (κ3) is 3.74. The minimum atomic E-state index is 0.0641. The summed E-state index contributed by atoms with van der Waals surface area (Å²) in [5.41, 5.74) is 0.805. The first-order valence-corrected chi connectivity index (χ1v) is 7.72. The van der Waals surface area contributed by atoms with E-state index in [0.717, 1.165) is 37.4 Å². The molecule has 0 saturated carbocycles. The number of carbonyl (C=O) groups is 1. The van der Waals surface area contributed by atoms with E-state index >= 15 is 0 Å². The molecule has 2 N–H and O–H groups in total. The Labute approximate surface area is 112 Å². The Balaban J connectivity index is 1.87. The third-order valence-corrected chi connectivity index (χ3v) is 3.71. The van der Waals surface area contributed by atoms with Gasteiger partial charge in [0.2, 0.25) is 5.91 Å².